The summed E-state index contributed by atoms with van der Waals surface area (Å²) in [4.78, 5) is 16.4. The minimum absolute atomic E-state index is 0.194. The SMILES string of the molecule is O=c1nc2ccccn2cc1Cc1cccc(Oc2ccccc2)c1. The zero-order chi connectivity index (χ0) is 17.1. The van der Waals surface area contributed by atoms with E-state index in [1.54, 1.807) is 0 Å². The Hall–Kier alpha value is -3.40. The maximum atomic E-state index is 12.3. The van der Waals surface area contributed by atoms with E-state index in [0.717, 1.165) is 17.1 Å². The Bertz CT molecular complexity index is 1070. The van der Waals surface area contributed by atoms with E-state index >= 15 is 0 Å². The lowest BCUT2D eigenvalue weighted by atomic mass is 10.1. The molecule has 4 nitrogen and oxygen atoms in total. The number of ether oxygens (including phenoxy) is 1. The fraction of sp³-hybridized carbons (Fsp3) is 0.0476. The van der Waals surface area contributed by atoms with Crippen molar-refractivity contribution in [1.82, 2.24) is 9.38 Å². The predicted molar refractivity (Wildman–Crippen MR) is 97.2 cm³/mol. The number of benzene rings is 2. The molecule has 4 rings (SSSR count). The molecular weight excluding hydrogens is 312 g/mol. The fourth-order valence-electron chi connectivity index (χ4n) is 2.73. The van der Waals surface area contributed by atoms with Crippen molar-refractivity contribution >= 4 is 5.65 Å². The van der Waals surface area contributed by atoms with Gasteiger partial charge in [-0.05, 0) is 42.0 Å². The molecule has 4 aromatic rings. The van der Waals surface area contributed by atoms with Crippen molar-refractivity contribution in [1.29, 1.82) is 0 Å². The summed E-state index contributed by atoms with van der Waals surface area (Å²) in [6.45, 7) is 0. The van der Waals surface area contributed by atoms with Crippen LogP contribution in [0.2, 0.25) is 0 Å². The van der Waals surface area contributed by atoms with Gasteiger partial charge in [-0.25, -0.2) is 0 Å². The molecule has 0 saturated carbocycles. The molecular formula is C21H16N2O2. The third-order valence-corrected chi connectivity index (χ3v) is 3.93. The van der Waals surface area contributed by atoms with Crippen molar-refractivity contribution < 1.29 is 4.74 Å². The molecule has 2 heterocycles. The van der Waals surface area contributed by atoms with E-state index < -0.39 is 0 Å². The van der Waals surface area contributed by atoms with E-state index in [9.17, 15) is 4.79 Å². The van der Waals surface area contributed by atoms with Gasteiger partial charge in [0.15, 0.2) is 0 Å². The van der Waals surface area contributed by atoms with Gasteiger partial charge in [0.1, 0.15) is 17.1 Å². The summed E-state index contributed by atoms with van der Waals surface area (Å²) in [6, 6.07) is 23.0. The number of fused-ring (bicyclic) bond motifs is 1. The maximum absolute atomic E-state index is 12.3. The van der Waals surface area contributed by atoms with E-state index in [4.69, 9.17) is 4.74 Å². The predicted octanol–water partition coefficient (Wildman–Crippen LogP) is 4.08. The van der Waals surface area contributed by atoms with E-state index in [1.807, 2.05) is 89.6 Å². The molecule has 0 radical (unpaired) electrons. The molecule has 0 aliphatic heterocycles. The lowest BCUT2D eigenvalue weighted by Gasteiger charge is -2.08. The van der Waals surface area contributed by atoms with Gasteiger partial charge in [0, 0.05) is 24.4 Å². The van der Waals surface area contributed by atoms with Crippen molar-refractivity contribution in [2.45, 2.75) is 6.42 Å². The lowest BCUT2D eigenvalue weighted by Crippen LogP contribution is -2.15. The van der Waals surface area contributed by atoms with Crippen LogP contribution in [0.25, 0.3) is 5.65 Å². The molecule has 2 aromatic heterocycles. The Balaban J connectivity index is 1.62. The van der Waals surface area contributed by atoms with Crippen LogP contribution in [0.5, 0.6) is 11.5 Å². The number of para-hydroxylation sites is 1. The van der Waals surface area contributed by atoms with Crippen LogP contribution in [0.4, 0.5) is 0 Å². The molecule has 2 aromatic carbocycles. The van der Waals surface area contributed by atoms with Crippen LogP contribution in [-0.2, 0) is 6.42 Å². The Labute approximate surface area is 145 Å². The summed E-state index contributed by atoms with van der Waals surface area (Å²) in [5.41, 5.74) is 2.11. The first-order valence-corrected chi connectivity index (χ1v) is 8.07. The smallest absolute Gasteiger partial charge is 0.276 e. The number of rotatable bonds is 4. The van der Waals surface area contributed by atoms with Crippen LogP contribution in [0.3, 0.4) is 0 Å². The average Bonchev–Trinajstić information content (AvgIpc) is 2.63. The summed E-state index contributed by atoms with van der Waals surface area (Å²) in [5, 5.41) is 0. The third-order valence-electron chi connectivity index (χ3n) is 3.93. The zero-order valence-electron chi connectivity index (χ0n) is 13.5. The highest BCUT2D eigenvalue weighted by molar-refractivity contribution is 5.40. The zero-order valence-corrected chi connectivity index (χ0v) is 13.5. The highest BCUT2D eigenvalue weighted by atomic mass is 16.5. The van der Waals surface area contributed by atoms with Crippen LogP contribution >= 0.6 is 0 Å². The van der Waals surface area contributed by atoms with Crippen LogP contribution in [-0.4, -0.2) is 9.38 Å². The number of hydrogen-bond donors (Lipinski definition) is 0. The van der Waals surface area contributed by atoms with Gasteiger partial charge in [0.05, 0.1) is 0 Å². The quantitative estimate of drug-likeness (QED) is 0.567. The molecule has 0 fully saturated rings. The number of aromatic nitrogens is 2. The van der Waals surface area contributed by atoms with E-state index in [1.165, 1.54) is 0 Å². The summed E-state index contributed by atoms with van der Waals surface area (Å²) in [7, 11) is 0. The Morgan fingerprint density at radius 3 is 2.56 bits per heavy atom. The second-order valence-electron chi connectivity index (χ2n) is 5.78. The van der Waals surface area contributed by atoms with E-state index in [0.29, 0.717) is 17.6 Å². The van der Waals surface area contributed by atoms with E-state index in [-0.39, 0.29) is 5.56 Å². The highest BCUT2D eigenvalue weighted by Gasteiger charge is 2.06. The van der Waals surface area contributed by atoms with Crippen molar-refractivity contribution in [2.75, 3.05) is 0 Å². The average molecular weight is 328 g/mol. The van der Waals surface area contributed by atoms with Gasteiger partial charge in [0.2, 0.25) is 0 Å². The minimum atomic E-state index is -0.194. The summed E-state index contributed by atoms with van der Waals surface area (Å²) < 4.78 is 7.72. The molecule has 4 heteroatoms. The molecule has 122 valence electrons. The molecule has 0 aliphatic rings. The second-order valence-corrected chi connectivity index (χ2v) is 5.78. The highest BCUT2D eigenvalue weighted by Crippen LogP contribution is 2.22. The van der Waals surface area contributed by atoms with Gasteiger partial charge in [-0.2, -0.15) is 4.98 Å². The van der Waals surface area contributed by atoms with Gasteiger partial charge in [-0.3, -0.25) is 4.79 Å². The third kappa shape index (κ3) is 3.43. The molecule has 0 N–H and O–H groups in total. The first-order chi connectivity index (χ1) is 12.3. The van der Waals surface area contributed by atoms with Crippen molar-refractivity contribution in [3.8, 4) is 11.5 Å². The molecule has 0 saturated heterocycles. The molecule has 0 spiro atoms. The fourth-order valence-corrected chi connectivity index (χ4v) is 2.73. The summed E-state index contributed by atoms with van der Waals surface area (Å²) in [6.07, 6.45) is 4.24. The van der Waals surface area contributed by atoms with Crippen molar-refractivity contribution in [3.05, 3.63) is 107 Å². The standard InChI is InChI=1S/C21H16N2O2/c24-21-17(15-23-12-5-4-11-20(23)22-21)13-16-7-6-10-19(14-16)25-18-8-2-1-3-9-18/h1-12,14-15H,13H2. The van der Waals surface area contributed by atoms with Gasteiger partial charge in [-0.15, -0.1) is 0 Å². The Kier molecular flexibility index (Phi) is 4.01. The number of hydrogen-bond acceptors (Lipinski definition) is 3. The van der Waals surface area contributed by atoms with Crippen LogP contribution in [0.15, 0.2) is 90.0 Å². The summed E-state index contributed by atoms with van der Waals surface area (Å²) in [5.74, 6) is 1.53. The number of pyridine rings is 1. The van der Waals surface area contributed by atoms with Gasteiger partial charge in [0.25, 0.3) is 5.56 Å². The molecule has 0 unspecified atom stereocenters. The van der Waals surface area contributed by atoms with Gasteiger partial charge in [-0.1, -0.05) is 36.4 Å². The molecule has 0 atom stereocenters. The second kappa shape index (κ2) is 6.61. The van der Waals surface area contributed by atoms with E-state index in [2.05, 4.69) is 4.98 Å². The first kappa shape index (κ1) is 15.1. The van der Waals surface area contributed by atoms with Gasteiger partial charge >= 0.3 is 0 Å². The summed E-state index contributed by atoms with van der Waals surface area (Å²) >= 11 is 0. The maximum Gasteiger partial charge on any atom is 0.276 e. The van der Waals surface area contributed by atoms with Gasteiger partial charge < -0.3 is 9.14 Å². The normalized spacial score (nSPS) is 10.7. The largest absolute Gasteiger partial charge is 0.457 e. The molecule has 25 heavy (non-hydrogen) atoms. The van der Waals surface area contributed by atoms with Crippen LogP contribution < -0.4 is 10.3 Å². The monoisotopic (exact) mass is 328 g/mol. The molecule has 0 aliphatic carbocycles. The number of nitrogens with zero attached hydrogens (tertiary/aromatic N) is 2. The first-order valence-electron chi connectivity index (χ1n) is 8.07. The minimum Gasteiger partial charge on any atom is -0.457 e. The molecule has 0 bridgehead atoms. The lowest BCUT2D eigenvalue weighted by molar-refractivity contribution is 0.482. The topological polar surface area (TPSA) is 43.6 Å². The van der Waals surface area contributed by atoms with Crippen molar-refractivity contribution in [3.63, 3.8) is 0 Å². The van der Waals surface area contributed by atoms with Crippen LogP contribution in [0.1, 0.15) is 11.1 Å². The molecule has 0 amide bonds. The van der Waals surface area contributed by atoms with Crippen LogP contribution in [0, 0.1) is 0 Å². The Morgan fingerprint density at radius 2 is 1.68 bits per heavy atom. The Morgan fingerprint density at radius 1 is 0.880 bits per heavy atom. The van der Waals surface area contributed by atoms with Crippen molar-refractivity contribution in [2.24, 2.45) is 0 Å².